The number of anilines is 1. The van der Waals surface area contributed by atoms with E-state index in [1.54, 1.807) is 42.1 Å². The second-order valence-electron chi connectivity index (χ2n) is 6.27. The van der Waals surface area contributed by atoms with E-state index in [2.05, 4.69) is 15.7 Å². The lowest BCUT2D eigenvalue weighted by atomic mass is 10.2. The second kappa shape index (κ2) is 8.78. The molecule has 29 heavy (non-hydrogen) atoms. The molecule has 1 aromatic heterocycles. The molecule has 3 aromatic rings. The van der Waals surface area contributed by atoms with E-state index in [-0.39, 0.29) is 17.4 Å². The van der Waals surface area contributed by atoms with Crippen LogP contribution < -0.4 is 15.4 Å². The Morgan fingerprint density at radius 3 is 2.66 bits per heavy atom. The molecule has 3 rings (SSSR count). The third-order valence-electron chi connectivity index (χ3n) is 4.05. The standard InChI is InChI=1S/C20H18F2N4O2S/c1-12-8-18(25-26(12)2)19(27)24-20(29)23-14-4-3-5-15(10-14)28-11-13-6-7-16(21)17(22)9-13/h3-10H,11H2,1-2H3,(H2,23,24,27,29). The Hall–Kier alpha value is -3.33. The predicted molar refractivity (Wildman–Crippen MR) is 109 cm³/mol. The van der Waals surface area contributed by atoms with Gasteiger partial charge >= 0.3 is 0 Å². The molecule has 0 saturated carbocycles. The van der Waals surface area contributed by atoms with Gasteiger partial charge in [0.25, 0.3) is 5.91 Å². The van der Waals surface area contributed by atoms with E-state index in [1.807, 2.05) is 6.92 Å². The Balaban J connectivity index is 1.57. The van der Waals surface area contributed by atoms with Gasteiger partial charge in [-0.2, -0.15) is 5.10 Å². The van der Waals surface area contributed by atoms with E-state index in [0.717, 1.165) is 17.8 Å². The van der Waals surface area contributed by atoms with Gasteiger partial charge < -0.3 is 10.1 Å². The Bertz CT molecular complexity index is 1050. The first-order chi connectivity index (χ1) is 13.8. The van der Waals surface area contributed by atoms with Gasteiger partial charge in [-0.05, 0) is 55.0 Å². The highest BCUT2D eigenvalue weighted by Gasteiger charge is 2.12. The number of halogens is 2. The van der Waals surface area contributed by atoms with Crippen molar-refractivity contribution in [2.45, 2.75) is 13.5 Å². The van der Waals surface area contributed by atoms with Gasteiger partial charge in [0, 0.05) is 24.5 Å². The van der Waals surface area contributed by atoms with Crippen LogP contribution >= 0.6 is 12.2 Å². The molecular weight excluding hydrogens is 398 g/mol. The molecule has 0 saturated heterocycles. The van der Waals surface area contributed by atoms with Crippen LogP contribution in [-0.2, 0) is 13.7 Å². The van der Waals surface area contributed by atoms with Crippen LogP contribution in [0, 0.1) is 18.6 Å². The maximum atomic E-state index is 13.3. The third kappa shape index (κ3) is 5.35. The Kier molecular flexibility index (Phi) is 6.18. The molecule has 1 heterocycles. The van der Waals surface area contributed by atoms with Crippen molar-refractivity contribution in [1.82, 2.24) is 15.1 Å². The van der Waals surface area contributed by atoms with Crippen LogP contribution in [0.15, 0.2) is 48.5 Å². The lowest BCUT2D eigenvalue weighted by Crippen LogP contribution is -2.34. The summed E-state index contributed by atoms with van der Waals surface area (Å²) in [6.45, 7) is 1.91. The molecular formula is C20H18F2N4O2S. The topological polar surface area (TPSA) is 68.2 Å². The number of hydrogen-bond donors (Lipinski definition) is 2. The number of nitrogens with one attached hydrogen (secondary N) is 2. The minimum Gasteiger partial charge on any atom is -0.489 e. The van der Waals surface area contributed by atoms with Gasteiger partial charge in [0.05, 0.1) is 0 Å². The lowest BCUT2D eigenvalue weighted by Gasteiger charge is -2.11. The lowest BCUT2D eigenvalue weighted by molar-refractivity contribution is 0.0972. The minimum atomic E-state index is -0.925. The highest BCUT2D eigenvalue weighted by molar-refractivity contribution is 7.80. The third-order valence-corrected chi connectivity index (χ3v) is 4.26. The summed E-state index contributed by atoms with van der Waals surface area (Å²) in [5, 5.41) is 9.66. The molecule has 0 radical (unpaired) electrons. The first-order valence-electron chi connectivity index (χ1n) is 8.61. The quantitative estimate of drug-likeness (QED) is 0.621. The fraction of sp³-hybridized carbons (Fsp3) is 0.150. The molecule has 2 N–H and O–H groups in total. The normalized spacial score (nSPS) is 10.5. The summed E-state index contributed by atoms with van der Waals surface area (Å²) >= 11 is 5.17. The van der Waals surface area contributed by atoms with Crippen molar-refractivity contribution < 1.29 is 18.3 Å². The Morgan fingerprint density at radius 1 is 1.17 bits per heavy atom. The fourth-order valence-electron chi connectivity index (χ4n) is 2.46. The summed E-state index contributed by atoms with van der Waals surface area (Å²) in [6, 6.07) is 12.1. The van der Waals surface area contributed by atoms with E-state index in [4.69, 9.17) is 17.0 Å². The average molecular weight is 416 g/mol. The summed E-state index contributed by atoms with van der Waals surface area (Å²) in [4.78, 5) is 12.2. The number of carbonyl (C=O) groups excluding carboxylic acids is 1. The molecule has 0 atom stereocenters. The van der Waals surface area contributed by atoms with E-state index in [1.165, 1.54) is 6.07 Å². The van der Waals surface area contributed by atoms with Gasteiger partial charge in [0.15, 0.2) is 22.4 Å². The largest absolute Gasteiger partial charge is 0.489 e. The number of benzene rings is 2. The predicted octanol–water partition coefficient (Wildman–Crippen LogP) is 3.71. The maximum absolute atomic E-state index is 13.3. The molecule has 0 fully saturated rings. The zero-order valence-corrected chi connectivity index (χ0v) is 16.5. The van der Waals surface area contributed by atoms with Gasteiger partial charge in [-0.15, -0.1) is 0 Å². The van der Waals surface area contributed by atoms with Crippen LogP contribution in [0.4, 0.5) is 14.5 Å². The number of carbonyl (C=O) groups is 1. The van der Waals surface area contributed by atoms with Crippen molar-refractivity contribution in [1.29, 1.82) is 0 Å². The van der Waals surface area contributed by atoms with Gasteiger partial charge in [-0.3, -0.25) is 14.8 Å². The van der Waals surface area contributed by atoms with Crippen molar-refractivity contribution in [3.63, 3.8) is 0 Å². The summed E-state index contributed by atoms with van der Waals surface area (Å²) < 4.78 is 33.5. The monoisotopic (exact) mass is 416 g/mol. The fourth-order valence-corrected chi connectivity index (χ4v) is 2.67. The number of aryl methyl sites for hydroxylation is 2. The van der Waals surface area contributed by atoms with Crippen LogP contribution in [0.25, 0.3) is 0 Å². The van der Waals surface area contributed by atoms with Crippen molar-refractivity contribution in [3.8, 4) is 5.75 Å². The summed E-state index contributed by atoms with van der Waals surface area (Å²) in [7, 11) is 1.74. The van der Waals surface area contributed by atoms with E-state index in [9.17, 15) is 13.6 Å². The van der Waals surface area contributed by atoms with Crippen molar-refractivity contribution in [3.05, 3.63) is 77.1 Å². The van der Waals surface area contributed by atoms with Crippen LogP contribution in [-0.4, -0.2) is 20.8 Å². The summed E-state index contributed by atoms with van der Waals surface area (Å²) in [5.41, 5.74) is 2.20. The molecule has 0 bridgehead atoms. The number of nitrogens with zero attached hydrogens (tertiary/aromatic N) is 2. The van der Waals surface area contributed by atoms with E-state index >= 15 is 0 Å². The molecule has 0 unspecified atom stereocenters. The Morgan fingerprint density at radius 2 is 1.97 bits per heavy atom. The molecule has 0 aliphatic heterocycles. The second-order valence-corrected chi connectivity index (χ2v) is 6.68. The molecule has 0 spiro atoms. The summed E-state index contributed by atoms with van der Waals surface area (Å²) in [5.74, 6) is -1.76. The summed E-state index contributed by atoms with van der Waals surface area (Å²) in [6.07, 6.45) is 0. The molecule has 1 amide bonds. The molecule has 0 aliphatic carbocycles. The van der Waals surface area contributed by atoms with Crippen LogP contribution in [0.3, 0.4) is 0 Å². The molecule has 150 valence electrons. The number of ether oxygens (including phenoxy) is 1. The average Bonchev–Trinajstić information content (AvgIpc) is 3.02. The van der Waals surface area contributed by atoms with Crippen molar-refractivity contribution >= 4 is 28.9 Å². The van der Waals surface area contributed by atoms with Gasteiger partial charge in [-0.1, -0.05) is 12.1 Å². The SMILES string of the molecule is Cc1cc(C(=O)NC(=S)Nc2cccc(OCc3ccc(F)c(F)c3)c2)nn1C. The molecule has 0 aliphatic rings. The molecule has 2 aromatic carbocycles. The van der Waals surface area contributed by atoms with Gasteiger partial charge in [-0.25, -0.2) is 8.78 Å². The Labute approximate surface area is 171 Å². The number of amides is 1. The maximum Gasteiger partial charge on any atom is 0.277 e. The highest BCUT2D eigenvalue weighted by atomic mass is 32.1. The zero-order chi connectivity index (χ0) is 21.0. The highest BCUT2D eigenvalue weighted by Crippen LogP contribution is 2.19. The minimum absolute atomic E-state index is 0.0703. The number of aromatic nitrogens is 2. The smallest absolute Gasteiger partial charge is 0.277 e. The van der Waals surface area contributed by atoms with Crippen LogP contribution in [0.2, 0.25) is 0 Å². The van der Waals surface area contributed by atoms with E-state index < -0.39 is 17.5 Å². The van der Waals surface area contributed by atoms with Crippen molar-refractivity contribution in [2.24, 2.45) is 7.05 Å². The van der Waals surface area contributed by atoms with Gasteiger partial charge in [0.2, 0.25) is 0 Å². The molecule has 9 heteroatoms. The van der Waals surface area contributed by atoms with Crippen LogP contribution in [0.1, 0.15) is 21.7 Å². The first-order valence-corrected chi connectivity index (χ1v) is 9.02. The number of hydrogen-bond acceptors (Lipinski definition) is 4. The van der Waals surface area contributed by atoms with Crippen LogP contribution in [0.5, 0.6) is 5.75 Å². The van der Waals surface area contributed by atoms with Crippen molar-refractivity contribution in [2.75, 3.05) is 5.32 Å². The molecule has 6 nitrogen and oxygen atoms in total. The van der Waals surface area contributed by atoms with E-state index in [0.29, 0.717) is 17.0 Å². The number of thiocarbonyl (C=S) groups is 1. The number of rotatable bonds is 5. The first kappa shape index (κ1) is 20.4. The zero-order valence-electron chi connectivity index (χ0n) is 15.7. The van der Waals surface area contributed by atoms with Gasteiger partial charge in [0.1, 0.15) is 12.4 Å².